The van der Waals surface area contributed by atoms with E-state index in [4.69, 9.17) is 14.4 Å². The molecule has 4 fully saturated rings. The van der Waals surface area contributed by atoms with Gasteiger partial charge in [-0.25, -0.2) is 0 Å². The highest BCUT2D eigenvalue weighted by Gasteiger charge is 2.51. The maximum Gasteiger partial charge on any atom is 0.494 e. The molecule has 5 heterocycles. The van der Waals surface area contributed by atoms with Crippen molar-refractivity contribution in [2.24, 2.45) is 18.9 Å². The van der Waals surface area contributed by atoms with Crippen LogP contribution < -0.4 is 20.6 Å². The minimum atomic E-state index is -0.383. The van der Waals surface area contributed by atoms with Gasteiger partial charge in [0.1, 0.15) is 0 Å². The molecule has 45 heavy (non-hydrogen) atoms. The summed E-state index contributed by atoms with van der Waals surface area (Å²) in [7, 11) is 1.64. The molecule has 0 bridgehead atoms. The van der Waals surface area contributed by atoms with Gasteiger partial charge in [0.2, 0.25) is 11.8 Å². The van der Waals surface area contributed by atoms with Crippen LogP contribution in [0.25, 0.3) is 10.9 Å². The minimum absolute atomic E-state index is 0.196. The monoisotopic (exact) mass is 611 g/mol. The topological polar surface area (TPSA) is 88.9 Å². The molecule has 1 N–H and O–H groups in total. The van der Waals surface area contributed by atoms with Crippen LogP contribution in [0.3, 0.4) is 0 Å². The van der Waals surface area contributed by atoms with Gasteiger partial charge in [-0.15, -0.1) is 0 Å². The molecule has 3 aromatic rings. The van der Waals surface area contributed by atoms with Gasteiger partial charge in [0.15, 0.2) is 0 Å². The first-order valence-corrected chi connectivity index (χ1v) is 16.8. The van der Waals surface area contributed by atoms with Crippen LogP contribution in [-0.2, 0) is 25.9 Å². The number of rotatable bonds is 5. The fraction of sp³-hybridized carbons (Fsp3) is 0.571. The van der Waals surface area contributed by atoms with Crippen molar-refractivity contribution < 1.29 is 18.9 Å². The predicted octanol–water partition coefficient (Wildman–Crippen LogP) is 4.53. The molecule has 0 aliphatic carbocycles. The first-order valence-electron chi connectivity index (χ1n) is 16.8. The third kappa shape index (κ3) is 5.54. The van der Waals surface area contributed by atoms with Crippen LogP contribution in [-0.4, -0.2) is 66.1 Å². The number of amides is 2. The molecule has 7 rings (SSSR count). The summed E-state index contributed by atoms with van der Waals surface area (Å²) in [6.45, 7) is 12.6. The number of nitrogens with one attached hydrogen (secondary N) is 1. The van der Waals surface area contributed by atoms with Crippen molar-refractivity contribution in [3.63, 3.8) is 0 Å². The fourth-order valence-corrected chi connectivity index (χ4v) is 7.87. The van der Waals surface area contributed by atoms with Crippen molar-refractivity contribution in [3.8, 4) is 0 Å². The first kappa shape index (κ1) is 30.3. The summed E-state index contributed by atoms with van der Waals surface area (Å²) in [6.07, 6.45) is 5.73. The third-order valence-corrected chi connectivity index (χ3v) is 11.3. The van der Waals surface area contributed by atoms with Crippen molar-refractivity contribution in [1.29, 1.82) is 0 Å². The number of para-hydroxylation sites is 1. The SMILES string of the molecule is Cn1nc(C2CCC(=O)NC2=O)c2cccc(N3CCC(C4CCN(c5ccc(B6OC(C)(C)C(C)(C)O6)cc5)CC4)CC3)c21. The Balaban J connectivity index is 0.953. The van der Waals surface area contributed by atoms with Crippen molar-refractivity contribution in [2.75, 3.05) is 36.0 Å². The Labute approximate surface area is 266 Å². The number of imide groups is 1. The summed E-state index contributed by atoms with van der Waals surface area (Å²) in [4.78, 5) is 29.4. The van der Waals surface area contributed by atoms with E-state index in [0.29, 0.717) is 12.8 Å². The predicted molar refractivity (Wildman–Crippen MR) is 178 cm³/mol. The van der Waals surface area contributed by atoms with E-state index in [1.54, 1.807) is 0 Å². The number of hydrogen-bond donors (Lipinski definition) is 1. The van der Waals surface area contributed by atoms with Crippen molar-refractivity contribution in [3.05, 3.63) is 48.2 Å². The van der Waals surface area contributed by atoms with E-state index in [9.17, 15) is 9.59 Å². The zero-order valence-corrected chi connectivity index (χ0v) is 27.3. The normalized spacial score (nSPS) is 24.5. The molecule has 10 heteroatoms. The number of hydrogen-bond acceptors (Lipinski definition) is 7. The number of carbonyl (C=O) groups is 2. The Morgan fingerprint density at radius 1 is 0.822 bits per heavy atom. The van der Waals surface area contributed by atoms with Crippen molar-refractivity contribution in [1.82, 2.24) is 15.1 Å². The largest absolute Gasteiger partial charge is 0.494 e. The highest BCUT2D eigenvalue weighted by atomic mass is 16.7. The number of nitrogens with zero attached hydrogens (tertiary/aromatic N) is 4. The number of aromatic nitrogens is 2. The maximum atomic E-state index is 12.6. The Bertz CT molecular complexity index is 1570. The Kier molecular flexibility index (Phi) is 7.72. The van der Waals surface area contributed by atoms with E-state index in [0.717, 1.165) is 60.1 Å². The lowest BCUT2D eigenvalue weighted by Gasteiger charge is -2.41. The van der Waals surface area contributed by atoms with Crippen LogP contribution in [0.1, 0.15) is 77.8 Å². The number of aryl methyl sites for hydroxylation is 1. The molecule has 4 aliphatic rings. The third-order valence-electron chi connectivity index (χ3n) is 11.3. The molecule has 1 unspecified atom stereocenters. The van der Waals surface area contributed by atoms with E-state index in [1.807, 2.05) is 11.7 Å². The smallest absolute Gasteiger partial charge is 0.399 e. The first-order chi connectivity index (χ1) is 21.5. The standard InChI is InChI=1S/C35H46BN5O4/c1-34(2)35(3,4)45-36(44-34)25-9-11-26(12-10-25)40-19-15-23(16-20-40)24-17-21-41(22-18-24)29-8-6-7-27-31(38-39(5)32(27)29)28-13-14-30(42)37-33(28)43/h6-12,23-24,28H,13-22H2,1-5H3,(H,37,42,43). The fourth-order valence-electron chi connectivity index (χ4n) is 7.87. The van der Waals surface area contributed by atoms with Crippen molar-refractivity contribution >= 4 is 46.7 Å². The van der Waals surface area contributed by atoms with Gasteiger partial charge in [-0.3, -0.25) is 19.6 Å². The summed E-state index contributed by atoms with van der Waals surface area (Å²) in [6, 6.07) is 15.1. The zero-order valence-electron chi connectivity index (χ0n) is 27.3. The molecule has 1 aromatic heterocycles. The van der Waals surface area contributed by atoms with Crippen LogP contribution in [0.4, 0.5) is 11.4 Å². The zero-order chi connectivity index (χ0) is 31.5. The summed E-state index contributed by atoms with van der Waals surface area (Å²) in [5.41, 5.74) is 4.75. The van der Waals surface area contributed by atoms with E-state index < -0.39 is 0 Å². The molecular weight excluding hydrogens is 565 g/mol. The Morgan fingerprint density at radius 2 is 1.42 bits per heavy atom. The summed E-state index contributed by atoms with van der Waals surface area (Å²) in [5, 5.41) is 8.31. The molecule has 2 amide bonds. The lowest BCUT2D eigenvalue weighted by Crippen LogP contribution is -2.41. The lowest BCUT2D eigenvalue weighted by atomic mass is 9.78. The molecule has 4 saturated heterocycles. The minimum Gasteiger partial charge on any atom is -0.399 e. The Hall–Kier alpha value is -3.37. The molecule has 0 spiro atoms. The molecular formula is C35H46BN5O4. The van der Waals surface area contributed by atoms with E-state index >= 15 is 0 Å². The van der Waals surface area contributed by atoms with Crippen LogP contribution in [0.2, 0.25) is 0 Å². The summed E-state index contributed by atoms with van der Waals surface area (Å²) < 4.78 is 14.4. The average Bonchev–Trinajstić information content (AvgIpc) is 3.48. The molecule has 4 aliphatic heterocycles. The number of piperidine rings is 3. The number of fused-ring (bicyclic) bond motifs is 1. The van der Waals surface area contributed by atoms with Gasteiger partial charge >= 0.3 is 7.12 Å². The van der Waals surface area contributed by atoms with Gasteiger partial charge in [-0.2, -0.15) is 5.10 Å². The quantitative estimate of drug-likeness (QED) is 0.335. The van der Waals surface area contributed by atoms with Crippen LogP contribution in [0.15, 0.2) is 42.5 Å². The van der Waals surface area contributed by atoms with Gasteiger partial charge in [-0.05, 0) is 95.3 Å². The number of anilines is 2. The second-order valence-electron chi connectivity index (χ2n) is 14.5. The summed E-state index contributed by atoms with van der Waals surface area (Å²) in [5.74, 6) is 0.699. The molecule has 238 valence electrons. The van der Waals surface area contributed by atoms with Gasteiger partial charge < -0.3 is 19.1 Å². The van der Waals surface area contributed by atoms with Crippen LogP contribution in [0, 0.1) is 11.8 Å². The number of benzene rings is 2. The number of carbonyl (C=O) groups excluding carboxylic acids is 2. The van der Waals surface area contributed by atoms with Crippen molar-refractivity contribution in [2.45, 2.75) is 83.3 Å². The highest BCUT2D eigenvalue weighted by molar-refractivity contribution is 6.62. The molecule has 0 radical (unpaired) electrons. The molecule has 2 aromatic carbocycles. The van der Waals surface area contributed by atoms with Crippen LogP contribution in [0.5, 0.6) is 0 Å². The van der Waals surface area contributed by atoms with E-state index in [2.05, 4.69) is 85.3 Å². The lowest BCUT2D eigenvalue weighted by molar-refractivity contribution is -0.134. The van der Waals surface area contributed by atoms with Gasteiger partial charge in [0.25, 0.3) is 0 Å². The average molecular weight is 612 g/mol. The van der Waals surface area contributed by atoms with E-state index in [1.165, 1.54) is 37.1 Å². The second-order valence-corrected chi connectivity index (χ2v) is 14.5. The maximum absolute atomic E-state index is 12.6. The van der Waals surface area contributed by atoms with Gasteiger partial charge in [-0.1, -0.05) is 24.3 Å². The molecule has 1 atom stereocenters. The molecule has 9 nitrogen and oxygen atoms in total. The van der Waals surface area contributed by atoms with Crippen LogP contribution >= 0.6 is 0 Å². The highest BCUT2D eigenvalue weighted by Crippen LogP contribution is 2.39. The van der Waals surface area contributed by atoms with Gasteiger partial charge in [0.05, 0.1) is 34.0 Å². The Morgan fingerprint density at radius 3 is 2.02 bits per heavy atom. The van der Waals surface area contributed by atoms with E-state index in [-0.39, 0.29) is 36.1 Å². The second kappa shape index (κ2) is 11.5. The molecule has 0 saturated carbocycles. The summed E-state index contributed by atoms with van der Waals surface area (Å²) >= 11 is 0. The van der Waals surface area contributed by atoms with Gasteiger partial charge in [0, 0.05) is 50.7 Å².